The van der Waals surface area contributed by atoms with E-state index in [1.807, 2.05) is 0 Å². The first kappa shape index (κ1) is 38.8. The van der Waals surface area contributed by atoms with E-state index in [9.17, 15) is 0 Å². The van der Waals surface area contributed by atoms with Crippen molar-refractivity contribution in [1.82, 2.24) is 0 Å². The van der Waals surface area contributed by atoms with Crippen LogP contribution in [0.15, 0.2) is 170 Å². The van der Waals surface area contributed by atoms with Crippen molar-refractivity contribution in [3.8, 4) is 0 Å². The molecule has 2 aliphatic rings. The molecule has 0 fully saturated rings. The summed E-state index contributed by atoms with van der Waals surface area (Å²) in [4.78, 5) is 5.27. The van der Waals surface area contributed by atoms with Gasteiger partial charge in [0.25, 0.3) is 0 Å². The Hall–Kier alpha value is -6.38. The van der Waals surface area contributed by atoms with E-state index in [0.717, 1.165) is 0 Å². The minimum atomic E-state index is -0.194. The summed E-state index contributed by atoms with van der Waals surface area (Å²) in [5.74, 6) is 0. The summed E-state index contributed by atoms with van der Waals surface area (Å²) in [6, 6.07) is 66.0. The van der Waals surface area contributed by atoms with Gasteiger partial charge in [-0.15, -0.1) is 0 Å². The average molecular weight is 977 g/mol. The summed E-state index contributed by atoms with van der Waals surface area (Å²) in [6.07, 6.45) is 0. The topological polar surface area (TPSA) is 6.48 Å². The zero-order valence-electron chi connectivity index (χ0n) is 37.9. The molecule has 0 spiro atoms. The average Bonchev–Trinajstić information content (AvgIpc) is 3.88. The van der Waals surface area contributed by atoms with Crippen molar-refractivity contribution >= 4 is 134 Å². The molecule has 4 heteroatoms. The van der Waals surface area contributed by atoms with Crippen molar-refractivity contribution in [2.75, 3.05) is 9.80 Å². The van der Waals surface area contributed by atoms with E-state index in [-0.39, 0.29) is 39.8 Å². The Morgan fingerprint density at radius 2 is 0.652 bits per heavy atom. The number of benzene rings is 10. The number of hydrogen-bond acceptors (Lipinski definition) is 2. The Kier molecular flexibility index (Phi) is 8.01. The summed E-state index contributed by atoms with van der Waals surface area (Å²) in [7, 11) is 0. The number of hydrogen-bond donors (Lipinski definition) is 0. The second kappa shape index (κ2) is 13.6. The molecule has 0 bridgehead atoms. The fourth-order valence-corrected chi connectivity index (χ4v) is 16.7. The van der Waals surface area contributed by atoms with Crippen molar-refractivity contribution in [3.63, 3.8) is 0 Å². The number of fused-ring (bicyclic) bond motifs is 15. The molecule has 2 aliphatic heterocycles. The summed E-state index contributed by atoms with van der Waals surface area (Å²) in [6.45, 7) is 14.2. The van der Waals surface area contributed by atoms with Gasteiger partial charge in [0.15, 0.2) is 0 Å². The molecule has 4 heterocycles. The van der Waals surface area contributed by atoms with Crippen LogP contribution in [-0.2, 0) is 10.8 Å². The van der Waals surface area contributed by atoms with E-state index < -0.39 is 0 Å². The van der Waals surface area contributed by atoms with Gasteiger partial charge in [0.2, 0.25) is 0 Å². The van der Waals surface area contributed by atoms with Crippen molar-refractivity contribution in [3.05, 3.63) is 203 Å². The molecule has 0 N–H and O–H groups in total. The zero-order chi connectivity index (χ0) is 44.4. The van der Waals surface area contributed by atoms with E-state index >= 15 is 0 Å². The van der Waals surface area contributed by atoms with Gasteiger partial charge < -0.3 is 0 Å². The van der Waals surface area contributed by atoms with Crippen LogP contribution in [0.5, 0.6) is 0 Å². The van der Waals surface area contributed by atoms with Crippen LogP contribution >= 0.6 is 0 Å². The van der Waals surface area contributed by atoms with Crippen LogP contribution in [0.1, 0.15) is 61.1 Å². The number of aryl methyl sites for hydroxylation is 2. The normalized spacial score (nSPS) is 15.0. The third kappa shape index (κ3) is 5.25. The molecule has 0 aliphatic carbocycles. The third-order valence-corrected chi connectivity index (χ3v) is 20.0. The van der Waals surface area contributed by atoms with E-state index in [0.29, 0.717) is 0 Å². The van der Waals surface area contributed by atoms with E-state index in [1.54, 1.807) is 0 Å². The Labute approximate surface area is 396 Å². The molecule has 0 amide bonds. The van der Waals surface area contributed by atoms with Gasteiger partial charge in [-0.3, -0.25) is 0 Å². The molecular weight excluding hydrogens is 931 g/mol. The summed E-state index contributed by atoms with van der Waals surface area (Å²) in [5.41, 5.74) is 15.2. The van der Waals surface area contributed by atoms with Gasteiger partial charge in [0.1, 0.15) is 0 Å². The maximum absolute atomic E-state index is 2.63. The molecule has 0 atom stereocenters. The molecule has 0 saturated heterocycles. The molecule has 0 saturated carbocycles. The molecule has 2 nitrogen and oxygen atoms in total. The van der Waals surface area contributed by atoms with Gasteiger partial charge in [-0.25, -0.2) is 0 Å². The molecule has 0 unspecified atom stereocenters. The van der Waals surface area contributed by atoms with Gasteiger partial charge in [-0.05, 0) is 0 Å². The SMILES string of the molecule is Cc1ccc2c(c1)N(c1cc3c4ccccc4c(N4c5cc(C)ccc5C(C)(C)c5cc6c(cc54)[se]c4ccccc46)cc3c3ccccc13)c1cc3[se]c4ccccc4c3cc1C2(C)C. The van der Waals surface area contributed by atoms with Gasteiger partial charge in [0.05, 0.1) is 0 Å². The van der Waals surface area contributed by atoms with Gasteiger partial charge in [-0.2, -0.15) is 0 Å². The van der Waals surface area contributed by atoms with Crippen LogP contribution in [0.25, 0.3) is 70.9 Å². The van der Waals surface area contributed by atoms with Crippen LogP contribution in [0.3, 0.4) is 0 Å². The first-order chi connectivity index (χ1) is 32.0. The van der Waals surface area contributed by atoms with E-state index in [4.69, 9.17) is 0 Å². The zero-order valence-corrected chi connectivity index (χ0v) is 41.3. The standard InChI is InChI=1S/C62H46N2Se2/c1-35-23-25-47-53(27-35)63(55-33-59-45(29-49(55)61(47,3)4)41-19-11-13-21-57(41)65-59)51-31-43-38-16-8-10-18-40(38)52(32-44(43)37-15-7-9-17-39(37)51)64-54-28-36(2)24-26-48(54)62(5,6)50-30-46-42-20-12-14-22-58(42)66-60(46)34-56(50)64/h7-34H,1-6H3. The van der Waals surface area contributed by atoms with Crippen LogP contribution in [0.4, 0.5) is 34.1 Å². The third-order valence-electron chi connectivity index (χ3n) is 15.3. The van der Waals surface area contributed by atoms with Crippen molar-refractivity contribution in [2.24, 2.45) is 0 Å². The molecule has 14 rings (SSSR count). The Morgan fingerprint density at radius 1 is 0.288 bits per heavy atom. The molecule has 10 aromatic carbocycles. The van der Waals surface area contributed by atoms with Gasteiger partial charge in [-0.1, -0.05) is 0 Å². The predicted octanol–water partition coefficient (Wildman–Crippen LogP) is 16.7. The Bertz CT molecular complexity index is 3840. The van der Waals surface area contributed by atoms with Gasteiger partial charge >= 0.3 is 399 Å². The second-order valence-electron chi connectivity index (χ2n) is 19.9. The summed E-state index contributed by atoms with van der Waals surface area (Å²) < 4.78 is 5.89. The Morgan fingerprint density at radius 3 is 1.08 bits per heavy atom. The molecule has 66 heavy (non-hydrogen) atoms. The second-order valence-corrected chi connectivity index (χ2v) is 24.4. The molecule has 316 valence electrons. The van der Waals surface area contributed by atoms with Crippen LogP contribution in [0, 0.1) is 13.8 Å². The summed E-state index contributed by atoms with van der Waals surface area (Å²) >= 11 is 0.485. The molecule has 2 aromatic heterocycles. The molecular formula is C62H46N2Se2. The van der Waals surface area contributed by atoms with E-state index in [1.165, 1.54) is 138 Å². The Balaban J connectivity index is 1.08. The quantitative estimate of drug-likeness (QED) is 0.126. The number of anilines is 6. The number of rotatable bonds is 2. The predicted molar refractivity (Wildman–Crippen MR) is 286 cm³/mol. The van der Waals surface area contributed by atoms with Crippen LogP contribution in [-0.4, -0.2) is 29.0 Å². The number of nitrogens with zero attached hydrogens (tertiary/aromatic N) is 2. The summed E-state index contributed by atoms with van der Waals surface area (Å²) in [5, 5.41) is 13.2. The van der Waals surface area contributed by atoms with Crippen LogP contribution < -0.4 is 9.80 Å². The minimum absolute atomic E-state index is 0.194. The van der Waals surface area contributed by atoms with Crippen molar-refractivity contribution in [1.29, 1.82) is 0 Å². The van der Waals surface area contributed by atoms with Gasteiger partial charge in [0, 0.05) is 0 Å². The van der Waals surface area contributed by atoms with Crippen LogP contribution in [0.2, 0.25) is 0 Å². The fraction of sp³-hybridized carbons (Fsp3) is 0.129. The monoisotopic (exact) mass is 978 g/mol. The first-order valence-corrected chi connectivity index (χ1v) is 26.6. The fourth-order valence-electron chi connectivity index (χ4n) is 12.0. The maximum atomic E-state index is 2.63. The first-order valence-electron chi connectivity index (χ1n) is 23.2. The molecule has 12 aromatic rings. The van der Waals surface area contributed by atoms with Crippen molar-refractivity contribution in [2.45, 2.75) is 52.4 Å². The molecule has 0 radical (unpaired) electrons. The van der Waals surface area contributed by atoms with Crippen molar-refractivity contribution < 1.29 is 0 Å². The van der Waals surface area contributed by atoms with E-state index in [2.05, 4.69) is 221 Å².